The Kier molecular flexibility index (Phi) is 5.03. The lowest BCUT2D eigenvalue weighted by molar-refractivity contribution is -0.108. The van der Waals surface area contributed by atoms with E-state index in [0.717, 1.165) is 42.4 Å². The summed E-state index contributed by atoms with van der Waals surface area (Å²) >= 11 is 0. The van der Waals surface area contributed by atoms with E-state index in [2.05, 4.69) is 46.6 Å². The van der Waals surface area contributed by atoms with Crippen LogP contribution in [0.4, 0.5) is 0 Å². The number of nitrogens with zero attached hydrogens (tertiary/aromatic N) is 4. The Morgan fingerprint density at radius 1 is 1.15 bits per heavy atom. The van der Waals surface area contributed by atoms with Gasteiger partial charge in [0.2, 0.25) is 0 Å². The summed E-state index contributed by atoms with van der Waals surface area (Å²) in [5, 5.41) is 0. The number of hydrogen-bond donors (Lipinski definition) is 0. The lowest BCUT2D eigenvalue weighted by Gasteiger charge is -2.39. The number of aryl methyl sites for hydroxylation is 2. The largest absolute Gasteiger partial charge is 0.326 e. The van der Waals surface area contributed by atoms with Gasteiger partial charge in [-0.1, -0.05) is 18.2 Å². The van der Waals surface area contributed by atoms with E-state index < -0.39 is 0 Å². The van der Waals surface area contributed by atoms with Gasteiger partial charge in [0.1, 0.15) is 12.1 Å². The first kappa shape index (κ1) is 17.9. The van der Waals surface area contributed by atoms with Gasteiger partial charge in [0, 0.05) is 19.2 Å². The Labute approximate surface area is 160 Å². The van der Waals surface area contributed by atoms with Gasteiger partial charge in [-0.15, -0.1) is 0 Å². The second-order valence-corrected chi connectivity index (χ2v) is 7.40. The molecule has 1 fully saturated rings. The van der Waals surface area contributed by atoms with Crippen molar-refractivity contribution >= 4 is 17.3 Å². The van der Waals surface area contributed by atoms with Gasteiger partial charge in [-0.05, 0) is 57.0 Å². The van der Waals surface area contributed by atoms with Crippen LogP contribution >= 0.6 is 0 Å². The van der Waals surface area contributed by atoms with Gasteiger partial charge in [0.15, 0.2) is 0 Å². The molecule has 1 aliphatic heterocycles. The van der Waals surface area contributed by atoms with Crippen LogP contribution in [-0.4, -0.2) is 32.8 Å². The van der Waals surface area contributed by atoms with Gasteiger partial charge in [-0.2, -0.15) is 0 Å². The second-order valence-electron chi connectivity index (χ2n) is 7.40. The SMILES string of the molecule is Cc1cccnc1[C@@H]1CCC[C@H](c2nc3ccccc3n2CCC=O)N1C. The topological polar surface area (TPSA) is 51.0 Å². The third-order valence-electron chi connectivity index (χ3n) is 5.76. The van der Waals surface area contributed by atoms with E-state index in [1.54, 1.807) is 0 Å². The molecule has 5 heteroatoms. The van der Waals surface area contributed by atoms with E-state index in [1.165, 1.54) is 11.3 Å². The van der Waals surface area contributed by atoms with Crippen LogP contribution in [-0.2, 0) is 11.3 Å². The van der Waals surface area contributed by atoms with Crippen molar-refractivity contribution in [3.8, 4) is 0 Å². The smallest absolute Gasteiger partial charge is 0.127 e. The van der Waals surface area contributed by atoms with E-state index >= 15 is 0 Å². The first-order valence-corrected chi connectivity index (χ1v) is 9.73. The highest BCUT2D eigenvalue weighted by Gasteiger charge is 2.34. The molecule has 0 bridgehead atoms. The van der Waals surface area contributed by atoms with Crippen molar-refractivity contribution in [1.29, 1.82) is 0 Å². The van der Waals surface area contributed by atoms with Crippen LogP contribution in [0.5, 0.6) is 0 Å². The molecule has 27 heavy (non-hydrogen) atoms. The van der Waals surface area contributed by atoms with Crippen LogP contribution in [0.2, 0.25) is 0 Å². The Balaban J connectivity index is 1.74. The Bertz CT molecular complexity index is 948. The van der Waals surface area contributed by atoms with Gasteiger partial charge in [-0.3, -0.25) is 9.88 Å². The standard InChI is InChI=1S/C22H26N4O/c1-16-8-6-13-23-21(16)19-11-5-12-20(25(19)2)22-24-17-9-3-4-10-18(17)26(22)14-7-15-27/h3-4,6,8-10,13,15,19-20H,5,7,11-12,14H2,1-2H3/t19-,20+/m0/s1. The summed E-state index contributed by atoms with van der Waals surface area (Å²) in [6.45, 7) is 2.82. The highest BCUT2D eigenvalue weighted by atomic mass is 16.1. The lowest BCUT2D eigenvalue weighted by atomic mass is 9.92. The van der Waals surface area contributed by atoms with Crippen molar-refractivity contribution in [3.05, 3.63) is 59.7 Å². The molecule has 0 aliphatic carbocycles. The number of hydrogen-bond acceptors (Lipinski definition) is 4. The van der Waals surface area contributed by atoms with Crippen molar-refractivity contribution in [2.45, 2.75) is 51.2 Å². The molecule has 1 saturated heterocycles. The van der Waals surface area contributed by atoms with Crippen molar-refractivity contribution in [1.82, 2.24) is 19.4 Å². The third-order valence-corrected chi connectivity index (χ3v) is 5.76. The van der Waals surface area contributed by atoms with E-state index in [-0.39, 0.29) is 6.04 Å². The van der Waals surface area contributed by atoms with Crippen LogP contribution in [0.3, 0.4) is 0 Å². The van der Waals surface area contributed by atoms with Crippen molar-refractivity contribution in [2.24, 2.45) is 0 Å². The predicted octanol–water partition coefficient (Wildman–Crippen LogP) is 4.23. The van der Waals surface area contributed by atoms with Gasteiger partial charge in [0.25, 0.3) is 0 Å². The summed E-state index contributed by atoms with van der Waals surface area (Å²) in [7, 11) is 2.19. The van der Waals surface area contributed by atoms with E-state index in [9.17, 15) is 4.79 Å². The minimum atomic E-state index is 0.226. The molecular formula is C22H26N4O. The van der Waals surface area contributed by atoms with E-state index in [1.807, 2.05) is 24.4 Å². The molecule has 4 rings (SSSR count). The molecule has 2 aromatic heterocycles. The molecule has 0 saturated carbocycles. The van der Waals surface area contributed by atoms with Gasteiger partial charge >= 0.3 is 0 Å². The van der Waals surface area contributed by atoms with Crippen LogP contribution in [0.15, 0.2) is 42.6 Å². The molecule has 1 aromatic carbocycles. The number of carbonyl (C=O) groups excluding carboxylic acids is 1. The second kappa shape index (κ2) is 7.61. The van der Waals surface area contributed by atoms with E-state index in [0.29, 0.717) is 19.0 Å². The molecule has 0 spiro atoms. The number of pyridine rings is 1. The van der Waals surface area contributed by atoms with Crippen LogP contribution in [0, 0.1) is 6.92 Å². The zero-order chi connectivity index (χ0) is 18.8. The maximum Gasteiger partial charge on any atom is 0.127 e. The number of fused-ring (bicyclic) bond motifs is 1. The lowest BCUT2D eigenvalue weighted by Crippen LogP contribution is -2.35. The minimum absolute atomic E-state index is 0.226. The molecular weight excluding hydrogens is 336 g/mol. The molecule has 0 radical (unpaired) electrons. The first-order chi connectivity index (χ1) is 13.2. The van der Waals surface area contributed by atoms with Crippen LogP contribution in [0.1, 0.15) is 54.8 Å². The predicted molar refractivity (Wildman–Crippen MR) is 106 cm³/mol. The molecule has 5 nitrogen and oxygen atoms in total. The maximum atomic E-state index is 11.0. The molecule has 0 N–H and O–H groups in total. The number of piperidine rings is 1. The summed E-state index contributed by atoms with van der Waals surface area (Å²) in [6.07, 6.45) is 6.71. The summed E-state index contributed by atoms with van der Waals surface area (Å²) in [5.74, 6) is 1.07. The molecule has 0 unspecified atom stereocenters. The monoisotopic (exact) mass is 362 g/mol. The minimum Gasteiger partial charge on any atom is -0.326 e. The van der Waals surface area contributed by atoms with Crippen LogP contribution < -0.4 is 0 Å². The first-order valence-electron chi connectivity index (χ1n) is 9.73. The average molecular weight is 362 g/mol. The van der Waals surface area contributed by atoms with Gasteiger partial charge < -0.3 is 9.36 Å². The fraction of sp³-hybridized carbons (Fsp3) is 0.409. The zero-order valence-electron chi connectivity index (χ0n) is 16.0. The van der Waals surface area contributed by atoms with Gasteiger partial charge in [-0.25, -0.2) is 4.98 Å². The number of aromatic nitrogens is 3. The maximum absolute atomic E-state index is 11.0. The average Bonchev–Trinajstić information content (AvgIpc) is 3.05. The third kappa shape index (κ3) is 3.28. The van der Waals surface area contributed by atoms with Crippen molar-refractivity contribution in [2.75, 3.05) is 7.05 Å². The highest BCUT2D eigenvalue weighted by molar-refractivity contribution is 5.76. The number of para-hydroxylation sites is 2. The highest BCUT2D eigenvalue weighted by Crippen LogP contribution is 2.40. The fourth-order valence-corrected chi connectivity index (χ4v) is 4.38. The molecule has 3 aromatic rings. The van der Waals surface area contributed by atoms with E-state index in [4.69, 9.17) is 4.98 Å². The van der Waals surface area contributed by atoms with Crippen LogP contribution in [0.25, 0.3) is 11.0 Å². The number of likely N-dealkylation sites (tertiary alicyclic amines) is 1. The Hall–Kier alpha value is -2.53. The molecule has 140 valence electrons. The molecule has 0 amide bonds. The summed E-state index contributed by atoms with van der Waals surface area (Å²) in [4.78, 5) is 23.1. The number of rotatable bonds is 5. The molecule has 1 aliphatic rings. The molecule has 2 atom stereocenters. The Morgan fingerprint density at radius 3 is 2.78 bits per heavy atom. The molecule has 3 heterocycles. The van der Waals surface area contributed by atoms with Crippen molar-refractivity contribution in [3.63, 3.8) is 0 Å². The number of carbonyl (C=O) groups is 1. The number of aldehydes is 1. The van der Waals surface area contributed by atoms with Gasteiger partial charge in [0.05, 0.1) is 28.8 Å². The number of benzene rings is 1. The Morgan fingerprint density at radius 2 is 1.96 bits per heavy atom. The zero-order valence-corrected chi connectivity index (χ0v) is 16.0. The summed E-state index contributed by atoms with van der Waals surface area (Å²) in [5.41, 5.74) is 4.52. The van der Waals surface area contributed by atoms with Crippen molar-refractivity contribution < 1.29 is 4.79 Å². The summed E-state index contributed by atoms with van der Waals surface area (Å²) < 4.78 is 2.23. The number of imidazole rings is 1. The normalized spacial score (nSPS) is 20.8. The quantitative estimate of drug-likeness (QED) is 0.638. The fourth-order valence-electron chi connectivity index (χ4n) is 4.38. The summed E-state index contributed by atoms with van der Waals surface area (Å²) in [6, 6.07) is 12.9.